The third kappa shape index (κ3) is 3.26. The van der Waals surface area contributed by atoms with Gasteiger partial charge in [-0.25, -0.2) is 4.39 Å². The number of thioether (sulfide) groups is 1. The molecule has 102 valence electrons. The van der Waals surface area contributed by atoms with Crippen LogP contribution in [-0.4, -0.2) is 28.0 Å². The fraction of sp³-hybridized carbons (Fsp3) is 0.385. The van der Waals surface area contributed by atoms with Crippen molar-refractivity contribution in [1.29, 1.82) is 0 Å². The first-order valence-corrected chi connectivity index (χ1v) is 7.04. The van der Waals surface area contributed by atoms with E-state index in [1.54, 1.807) is 12.1 Å². The maximum absolute atomic E-state index is 12.8. The van der Waals surface area contributed by atoms with Crippen LogP contribution in [0.1, 0.15) is 19.8 Å². The number of rotatable bonds is 5. The van der Waals surface area contributed by atoms with Gasteiger partial charge in [-0.2, -0.15) is 0 Å². The van der Waals surface area contributed by atoms with Gasteiger partial charge < -0.3 is 5.32 Å². The van der Waals surface area contributed by atoms with Crippen LogP contribution in [0, 0.1) is 5.82 Å². The van der Waals surface area contributed by atoms with Gasteiger partial charge in [-0.3, -0.25) is 14.5 Å². The Bertz CT molecular complexity index is 478. The van der Waals surface area contributed by atoms with Crippen LogP contribution in [-0.2, 0) is 4.79 Å². The minimum atomic E-state index is -0.616. The van der Waals surface area contributed by atoms with E-state index in [4.69, 9.17) is 0 Å². The first-order valence-electron chi connectivity index (χ1n) is 6.16. The Balaban J connectivity index is 2.00. The molecule has 19 heavy (non-hydrogen) atoms. The quantitative estimate of drug-likeness (QED) is 0.901. The fourth-order valence-corrected chi connectivity index (χ4v) is 2.69. The van der Waals surface area contributed by atoms with E-state index in [0.717, 1.165) is 24.6 Å². The molecular weight excluding hydrogens is 267 g/mol. The van der Waals surface area contributed by atoms with Gasteiger partial charge in [0.2, 0.25) is 0 Å². The molecular formula is C13H15FN2O2S. The van der Waals surface area contributed by atoms with Crippen LogP contribution in [0.2, 0.25) is 0 Å². The lowest BCUT2D eigenvalue weighted by Crippen LogP contribution is -2.35. The van der Waals surface area contributed by atoms with E-state index >= 15 is 0 Å². The van der Waals surface area contributed by atoms with Crippen LogP contribution in [0.4, 0.5) is 14.9 Å². The van der Waals surface area contributed by atoms with Crippen molar-refractivity contribution < 1.29 is 14.0 Å². The second-order valence-corrected chi connectivity index (χ2v) is 5.31. The highest BCUT2D eigenvalue weighted by Gasteiger charge is 2.39. The third-order valence-corrected chi connectivity index (χ3v) is 3.78. The van der Waals surface area contributed by atoms with E-state index in [2.05, 4.69) is 5.32 Å². The molecule has 1 heterocycles. The first kappa shape index (κ1) is 13.9. The summed E-state index contributed by atoms with van der Waals surface area (Å²) in [6, 6.07) is 5.71. The van der Waals surface area contributed by atoms with Crippen molar-refractivity contribution in [2.75, 3.05) is 11.9 Å². The molecule has 0 aliphatic carbocycles. The number of carbonyl (C=O) groups excluding carboxylic acids is 2. The van der Waals surface area contributed by atoms with Crippen LogP contribution in [0.15, 0.2) is 24.3 Å². The molecule has 1 atom stereocenters. The molecule has 1 saturated heterocycles. The number of anilines is 1. The lowest BCUT2D eigenvalue weighted by Gasteiger charge is -2.14. The highest BCUT2D eigenvalue weighted by atomic mass is 32.2. The molecule has 0 aromatic heterocycles. The zero-order valence-corrected chi connectivity index (χ0v) is 11.4. The Morgan fingerprint density at radius 3 is 2.63 bits per heavy atom. The van der Waals surface area contributed by atoms with Gasteiger partial charge in [-0.1, -0.05) is 13.3 Å². The summed E-state index contributed by atoms with van der Waals surface area (Å²) in [5, 5.41) is 2.10. The van der Waals surface area contributed by atoms with Crippen LogP contribution in [0.3, 0.4) is 0 Å². The third-order valence-electron chi connectivity index (χ3n) is 2.81. The van der Waals surface area contributed by atoms with Crippen LogP contribution >= 0.6 is 11.8 Å². The fourth-order valence-electron chi connectivity index (χ4n) is 1.75. The Morgan fingerprint density at radius 1 is 1.32 bits per heavy atom. The number of carbonyl (C=O) groups is 2. The monoisotopic (exact) mass is 282 g/mol. The molecule has 1 N–H and O–H groups in total. The molecule has 1 fully saturated rings. The van der Waals surface area contributed by atoms with Crippen LogP contribution < -0.4 is 5.32 Å². The number of amides is 2. The number of hydrogen-bond acceptors (Lipinski definition) is 4. The van der Waals surface area contributed by atoms with Gasteiger partial charge in [-0.05, 0) is 42.4 Å². The predicted molar refractivity (Wildman–Crippen MR) is 73.4 cm³/mol. The molecule has 0 saturated carbocycles. The van der Waals surface area contributed by atoms with Crippen LogP contribution in [0.5, 0.6) is 0 Å². The van der Waals surface area contributed by atoms with Crippen molar-refractivity contribution >= 4 is 28.6 Å². The van der Waals surface area contributed by atoms with Gasteiger partial charge >= 0.3 is 0 Å². The first-order chi connectivity index (χ1) is 9.11. The molecule has 0 unspecified atom stereocenters. The molecule has 1 aromatic carbocycles. The SMILES string of the molecule is CCCCN1C(=O)S[C@H](Nc2ccc(F)cc2)C1=O. The van der Waals surface area contributed by atoms with E-state index in [9.17, 15) is 14.0 Å². The van der Waals surface area contributed by atoms with Crippen molar-refractivity contribution in [2.24, 2.45) is 0 Å². The maximum Gasteiger partial charge on any atom is 0.290 e. The molecule has 2 amide bonds. The molecule has 4 nitrogen and oxygen atoms in total. The van der Waals surface area contributed by atoms with Crippen molar-refractivity contribution in [3.05, 3.63) is 30.1 Å². The maximum atomic E-state index is 12.8. The number of nitrogens with one attached hydrogen (secondary N) is 1. The number of halogens is 1. The lowest BCUT2D eigenvalue weighted by atomic mass is 10.3. The molecule has 0 bridgehead atoms. The van der Waals surface area contributed by atoms with Gasteiger partial charge in [0.25, 0.3) is 11.1 Å². The molecule has 1 aromatic rings. The van der Waals surface area contributed by atoms with Crippen molar-refractivity contribution in [3.63, 3.8) is 0 Å². The standard InChI is InChI=1S/C13H15FN2O2S/c1-2-3-8-16-12(17)11(19-13(16)18)15-10-6-4-9(14)5-7-10/h4-7,11,15H,2-3,8H2,1H3/t11-/m0/s1. The summed E-state index contributed by atoms with van der Waals surface area (Å²) >= 11 is 0.964. The molecule has 0 spiro atoms. The second kappa shape index (κ2) is 6.06. The summed E-state index contributed by atoms with van der Waals surface area (Å²) in [7, 11) is 0. The van der Waals surface area contributed by atoms with Crippen molar-refractivity contribution in [3.8, 4) is 0 Å². The summed E-state index contributed by atoms with van der Waals surface area (Å²) in [5.41, 5.74) is 0.623. The van der Waals surface area contributed by atoms with Crippen molar-refractivity contribution in [2.45, 2.75) is 25.1 Å². The highest BCUT2D eigenvalue weighted by molar-refractivity contribution is 8.15. The molecule has 1 aliphatic heterocycles. The second-order valence-electron chi connectivity index (χ2n) is 4.26. The number of unbranched alkanes of at least 4 members (excludes halogenated alkanes) is 1. The van der Waals surface area contributed by atoms with E-state index in [1.807, 2.05) is 6.92 Å². The van der Waals surface area contributed by atoms with Crippen molar-refractivity contribution in [1.82, 2.24) is 4.90 Å². The summed E-state index contributed by atoms with van der Waals surface area (Å²) in [6.07, 6.45) is 1.74. The van der Waals surface area contributed by atoms with Gasteiger partial charge in [0.05, 0.1) is 0 Å². The Hall–Kier alpha value is -1.56. The highest BCUT2D eigenvalue weighted by Crippen LogP contribution is 2.28. The van der Waals surface area contributed by atoms with Gasteiger partial charge in [0.15, 0.2) is 5.37 Å². The van der Waals surface area contributed by atoms with Crippen LogP contribution in [0.25, 0.3) is 0 Å². The van der Waals surface area contributed by atoms with Gasteiger partial charge in [0, 0.05) is 12.2 Å². The van der Waals surface area contributed by atoms with Gasteiger partial charge in [-0.15, -0.1) is 0 Å². The largest absolute Gasteiger partial charge is 0.365 e. The molecule has 6 heteroatoms. The molecule has 0 radical (unpaired) electrons. The van der Waals surface area contributed by atoms with E-state index in [1.165, 1.54) is 17.0 Å². The topological polar surface area (TPSA) is 49.4 Å². The smallest absolute Gasteiger partial charge is 0.290 e. The Labute approximate surface area is 115 Å². The van der Waals surface area contributed by atoms with E-state index in [0.29, 0.717) is 12.2 Å². The predicted octanol–water partition coefficient (Wildman–Crippen LogP) is 3.06. The Morgan fingerprint density at radius 2 is 2.00 bits per heavy atom. The average molecular weight is 282 g/mol. The minimum absolute atomic E-state index is 0.224. The summed E-state index contributed by atoms with van der Waals surface area (Å²) in [5.74, 6) is -0.565. The minimum Gasteiger partial charge on any atom is -0.365 e. The van der Waals surface area contributed by atoms with Gasteiger partial charge in [0.1, 0.15) is 5.82 Å². The lowest BCUT2D eigenvalue weighted by molar-refractivity contribution is -0.126. The number of benzene rings is 1. The number of imide groups is 1. The summed E-state index contributed by atoms with van der Waals surface area (Å²) in [4.78, 5) is 25.0. The number of hydrogen-bond donors (Lipinski definition) is 1. The molecule has 1 aliphatic rings. The zero-order chi connectivity index (χ0) is 13.8. The normalized spacial score (nSPS) is 19.1. The zero-order valence-electron chi connectivity index (χ0n) is 10.6. The summed E-state index contributed by atoms with van der Waals surface area (Å²) in [6.45, 7) is 2.47. The number of nitrogens with zero attached hydrogens (tertiary/aromatic N) is 1. The Kier molecular flexibility index (Phi) is 4.42. The molecule has 2 rings (SSSR count). The van der Waals surface area contributed by atoms with E-state index in [-0.39, 0.29) is 17.0 Å². The summed E-state index contributed by atoms with van der Waals surface area (Å²) < 4.78 is 12.8. The average Bonchev–Trinajstić information content (AvgIpc) is 2.65. The van der Waals surface area contributed by atoms with E-state index < -0.39 is 5.37 Å².